The molecule has 0 bridgehead atoms. The quantitative estimate of drug-likeness (QED) is 0.611. The lowest BCUT2D eigenvalue weighted by Gasteiger charge is -2.01. The summed E-state index contributed by atoms with van der Waals surface area (Å²) in [5.41, 5.74) is 1.52. The zero-order valence-corrected chi connectivity index (χ0v) is 8.03. The molecule has 1 aliphatic carbocycles. The van der Waals surface area contributed by atoms with Crippen molar-refractivity contribution in [2.24, 2.45) is 0 Å². The first-order valence-electron chi connectivity index (χ1n) is 4.32. The fraction of sp³-hybridized carbons (Fsp3) is 0.273. The molecule has 0 radical (unpaired) electrons. The summed E-state index contributed by atoms with van der Waals surface area (Å²) in [4.78, 5) is 2.84. The van der Waals surface area contributed by atoms with Crippen molar-refractivity contribution >= 4 is 23.5 Å². The molecule has 0 saturated heterocycles. The van der Waals surface area contributed by atoms with Crippen LogP contribution in [-0.4, -0.2) is 0 Å². The van der Waals surface area contributed by atoms with Gasteiger partial charge in [-0.25, -0.2) is 0 Å². The Balaban J connectivity index is 2.39. The second kappa shape index (κ2) is 3.28. The zero-order chi connectivity index (χ0) is 8.39. The van der Waals surface area contributed by atoms with Crippen LogP contribution in [0.2, 0.25) is 0 Å². The van der Waals surface area contributed by atoms with Crippen LogP contribution in [0, 0.1) is 0 Å². The fourth-order valence-corrected chi connectivity index (χ4v) is 2.59. The Bertz CT molecular complexity index is 329. The standard InChI is InChI=1S/C11H12S/c1-2-5-10-8-9-6-3-4-7-11(9)12-10/h2,4-5,7-8H,3,6H2,1H3/b5-2-. The fourth-order valence-electron chi connectivity index (χ4n) is 1.48. The van der Waals surface area contributed by atoms with E-state index in [0.717, 1.165) is 0 Å². The number of aryl methyl sites for hydroxylation is 1. The van der Waals surface area contributed by atoms with Gasteiger partial charge in [0.15, 0.2) is 0 Å². The number of hydrogen-bond donors (Lipinski definition) is 0. The van der Waals surface area contributed by atoms with Gasteiger partial charge in [0.2, 0.25) is 0 Å². The van der Waals surface area contributed by atoms with E-state index in [1.807, 2.05) is 11.3 Å². The van der Waals surface area contributed by atoms with E-state index in [0.29, 0.717) is 0 Å². The molecule has 0 atom stereocenters. The molecule has 0 N–H and O–H groups in total. The van der Waals surface area contributed by atoms with Gasteiger partial charge >= 0.3 is 0 Å². The van der Waals surface area contributed by atoms with Gasteiger partial charge < -0.3 is 0 Å². The van der Waals surface area contributed by atoms with E-state index >= 15 is 0 Å². The average Bonchev–Trinajstić information content (AvgIpc) is 2.47. The van der Waals surface area contributed by atoms with Gasteiger partial charge in [-0.2, -0.15) is 0 Å². The summed E-state index contributed by atoms with van der Waals surface area (Å²) in [5.74, 6) is 0. The average molecular weight is 176 g/mol. The lowest BCUT2D eigenvalue weighted by Crippen LogP contribution is -1.86. The number of thiophene rings is 1. The first-order valence-corrected chi connectivity index (χ1v) is 5.14. The third kappa shape index (κ3) is 1.37. The molecule has 0 unspecified atom stereocenters. The Morgan fingerprint density at radius 3 is 3.17 bits per heavy atom. The molecule has 1 heteroatoms. The summed E-state index contributed by atoms with van der Waals surface area (Å²) in [6.45, 7) is 2.06. The molecule has 0 aliphatic heterocycles. The number of hydrogen-bond acceptors (Lipinski definition) is 1. The van der Waals surface area contributed by atoms with Crippen molar-refractivity contribution in [1.82, 2.24) is 0 Å². The molecule has 2 rings (SSSR count). The van der Waals surface area contributed by atoms with E-state index in [1.54, 1.807) is 0 Å². The second-order valence-electron chi connectivity index (χ2n) is 2.98. The largest absolute Gasteiger partial charge is 0.136 e. The lowest BCUT2D eigenvalue weighted by molar-refractivity contribution is 0.996. The van der Waals surface area contributed by atoms with E-state index < -0.39 is 0 Å². The van der Waals surface area contributed by atoms with Gasteiger partial charge in [0, 0.05) is 9.75 Å². The smallest absolute Gasteiger partial charge is 0.0305 e. The Kier molecular flexibility index (Phi) is 2.13. The van der Waals surface area contributed by atoms with Gasteiger partial charge in [0.05, 0.1) is 0 Å². The summed E-state index contributed by atoms with van der Waals surface area (Å²) in [5, 5.41) is 0. The highest BCUT2D eigenvalue weighted by Gasteiger charge is 2.07. The first kappa shape index (κ1) is 7.81. The molecule has 0 amide bonds. The molecule has 1 aromatic rings. The Morgan fingerprint density at radius 1 is 1.50 bits per heavy atom. The van der Waals surface area contributed by atoms with Gasteiger partial charge in [0.25, 0.3) is 0 Å². The number of fused-ring (bicyclic) bond motifs is 1. The highest BCUT2D eigenvalue weighted by atomic mass is 32.1. The Morgan fingerprint density at radius 2 is 2.42 bits per heavy atom. The maximum Gasteiger partial charge on any atom is 0.0305 e. The molecular weight excluding hydrogens is 164 g/mol. The molecule has 1 aliphatic rings. The zero-order valence-electron chi connectivity index (χ0n) is 7.21. The van der Waals surface area contributed by atoms with E-state index in [-0.39, 0.29) is 0 Å². The van der Waals surface area contributed by atoms with Crippen molar-refractivity contribution in [1.29, 1.82) is 0 Å². The van der Waals surface area contributed by atoms with Crippen molar-refractivity contribution in [2.45, 2.75) is 19.8 Å². The monoisotopic (exact) mass is 176 g/mol. The van der Waals surface area contributed by atoms with Crippen molar-refractivity contribution in [2.75, 3.05) is 0 Å². The topological polar surface area (TPSA) is 0 Å². The number of allylic oxidation sites excluding steroid dienone is 2. The summed E-state index contributed by atoms with van der Waals surface area (Å²) < 4.78 is 0. The van der Waals surface area contributed by atoms with Crippen LogP contribution in [0.5, 0.6) is 0 Å². The summed E-state index contributed by atoms with van der Waals surface area (Å²) in [6.07, 6.45) is 11.2. The Hall–Kier alpha value is -0.820. The summed E-state index contributed by atoms with van der Waals surface area (Å²) >= 11 is 1.89. The van der Waals surface area contributed by atoms with Crippen LogP contribution < -0.4 is 0 Å². The summed E-state index contributed by atoms with van der Waals surface area (Å²) in [6, 6.07) is 2.31. The van der Waals surface area contributed by atoms with Crippen LogP contribution >= 0.6 is 11.3 Å². The van der Waals surface area contributed by atoms with Gasteiger partial charge in [-0.15, -0.1) is 11.3 Å². The lowest BCUT2D eigenvalue weighted by atomic mass is 10.1. The second-order valence-corrected chi connectivity index (χ2v) is 4.09. The van der Waals surface area contributed by atoms with Crippen molar-refractivity contribution < 1.29 is 0 Å². The molecule has 0 nitrogen and oxygen atoms in total. The van der Waals surface area contributed by atoms with Crippen molar-refractivity contribution in [3.63, 3.8) is 0 Å². The molecule has 62 valence electrons. The minimum atomic E-state index is 1.21. The van der Waals surface area contributed by atoms with Crippen molar-refractivity contribution in [3.8, 4) is 0 Å². The van der Waals surface area contributed by atoms with Gasteiger partial charge in [-0.1, -0.05) is 12.2 Å². The van der Waals surface area contributed by atoms with Crippen LogP contribution in [0.4, 0.5) is 0 Å². The van der Waals surface area contributed by atoms with Gasteiger partial charge in [-0.3, -0.25) is 0 Å². The molecule has 12 heavy (non-hydrogen) atoms. The molecule has 1 heterocycles. The summed E-state index contributed by atoms with van der Waals surface area (Å²) in [7, 11) is 0. The minimum absolute atomic E-state index is 1.21. The predicted molar refractivity (Wildman–Crippen MR) is 56.4 cm³/mol. The third-order valence-electron chi connectivity index (χ3n) is 2.04. The number of rotatable bonds is 1. The maximum atomic E-state index is 2.31. The van der Waals surface area contributed by atoms with Gasteiger partial charge in [-0.05, 0) is 43.5 Å². The van der Waals surface area contributed by atoms with Crippen LogP contribution in [0.25, 0.3) is 12.2 Å². The SMILES string of the molecule is C/C=C\c1cc2c(s1)C=CCC2. The van der Waals surface area contributed by atoms with Crippen LogP contribution in [0.15, 0.2) is 18.2 Å². The van der Waals surface area contributed by atoms with Crippen LogP contribution in [0.3, 0.4) is 0 Å². The highest BCUT2D eigenvalue weighted by Crippen LogP contribution is 2.29. The minimum Gasteiger partial charge on any atom is -0.136 e. The van der Waals surface area contributed by atoms with E-state index in [2.05, 4.69) is 37.3 Å². The van der Waals surface area contributed by atoms with Gasteiger partial charge in [0.1, 0.15) is 0 Å². The van der Waals surface area contributed by atoms with Crippen molar-refractivity contribution in [3.05, 3.63) is 33.5 Å². The highest BCUT2D eigenvalue weighted by molar-refractivity contribution is 7.14. The molecular formula is C11H12S. The van der Waals surface area contributed by atoms with Crippen LogP contribution in [-0.2, 0) is 6.42 Å². The molecule has 0 fully saturated rings. The predicted octanol–water partition coefficient (Wildman–Crippen LogP) is 3.74. The molecule has 0 saturated carbocycles. The Labute approximate surface area is 77.2 Å². The molecule has 1 aromatic heterocycles. The third-order valence-corrected chi connectivity index (χ3v) is 3.15. The molecule has 0 spiro atoms. The van der Waals surface area contributed by atoms with E-state index in [9.17, 15) is 0 Å². The first-order chi connectivity index (χ1) is 5.90. The van der Waals surface area contributed by atoms with E-state index in [1.165, 1.54) is 28.2 Å². The van der Waals surface area contributed by atoms with E-state index in [4.69, 9.17) is 0 Å². The maximum absolute atomic E-state index is 2.31. The molecule has 0 aromatic carbocycles. The van der Waals surface area contributed by atoms with Crippen LogP contribution in [0.1, 0.15) is 28.7 Å². The normalized spacial score (nSPS) is 15.4.